The van der Waals surface area contributed by atoms with Gasteiger partial charge in [-0.1, -0.05) is 13.0 Å². The summed E-state index contributed by atoms with van der Waals surface area (Å²) < 4.78 is 0. The summed E-state index contributed by atoms with van der Waals surface area (Å²) in [6.45, 7) is 2.05. The standard InChI is InChI=1S/C10H15NO2/c1-10(7-4-9(11)13)5-2-8(12)3-6-10/h4,7H,2-3,5-6H2,1H3,(H2,11,13)/b7-4+. The minimum Gasteiger partial charge on any atom is -0.366 e. The van der Waals surface area contributed by atoms with Crippen molar-refractivity contribution in [1.82, 2.24) is 0 Å². The van der Waals surface area contributed by atoms with E-state index in [0.717, 1.165) is 12.8 Å². The van der Waals surface area contributed by atoms with Gasteiger partial charge in [-0.05, 0) is 24.3 Å². The number of Topliss-reactive ketones (excluding diaryl/α,β-unsaturated/α-hetero) is 1. The zero-order valence-electron chi connectivity index (χ0n) is 7.88. The summed E-state index contributed by atoms with van der Waals surface area (Å²) in [5.41, 5.74) is 4.99. The smallest absolute Gasteiger partial charge is 0.241 e. The summed E-state index contributed by atoms with van der Waals surface area (Å²) in [6, 6.07) is 0. The zero-order chi connectivity index (χ0) is 9.90. The van der Waals surface area contributed by atoms with E-state index in [2.05, 4.69) is 6.92 Å². The lowest BCUT2D eigenvalue weighted by Gasteiger charge is -2.29. The average molecular weight is 181 g/mol. The third-order valence-corrected chi connectivity index (χ3v) is 2.60. The SMILES string of the molecule is CC1(/C=C/C(N)=O)CCC(=O)CC1. The Bertz CT molecular complexity index is 246. The molecular formula is C10H15NO2. The predicted molar refractivity (Wildman–Crippen MR) is 49.9 cm³/mol. The molecule has 3 nitrogen and oxygen atoms in total. The van der Waals surface area contributed by atoms with E-state index in [-0.39, 0.29) is 5.41 Å². The highest BCUT2D eigenvalue weighted by Gasteiger charge is 2.27. The van der Waals surface area contributed by atoms with Crippen LogP contribution in [-0.2, 0) is 9.59 Å². The lowest BCUT2D eigenvalue weighted by atomic mass is 9.75. The molecule has 0 saturated heterocycles. The van der Waals surface area contributed by atoms with Crippen molar-refractivity contribution in [2.24, 2.45) is 11.1 Å². The molecule has 1 aliphatic rings. The highest BCUT2D eigenvalue weighted by Crippen LogP contribution is 2.35. The highest BCUT2D eigenvalue weighted by atomic mass is 16.1. The number of hydrogen-bond donors (Lipinski definition) is 1. The number of carbonyl (C=O) groups excluding carboxylic acids is 2. The first-order valence-corrected chi connectivity index (χ1v) is 4.52. The molecule has 13 heavy (non-hydrogen) atoms. The van der Waals surface area contributed by atoms with E-state index in [1.54, 1.807) is 0 Å². The third-order valence-electron chi connectivity index (χ3n) is 2.60. The van der Waals surface area contributed by atoms with E-state index < -0.39 is 5.91 Å². The zero-order valence-corrected chi connectivity index (χ0v) is 7.88. The Hall–Kier alpha value is -1.12. The van der Waals surface area contributed by atoms with Gasteiger partial charge in [-0.2, -0.15) is 0 Å². The molecule has 0 heterocycles. The molecule has 0 aliphatic heterocycles. The van der Waals surface area contributed by atoms with Gasteiger partial charge in [0.15, 0.2) is 0 Å². The van der Waals surface area contributed by atoms with Crippen molar-refractivity contribution in [2.45, 2.75) is 32.6 Å². The fourth-order valence-electron chi connectivity index (χ4n) is 1.55. The van der Waals surface area contributed by atoms with Crippen molar-refractivity contribution in [1.29, 1.82) is 0 Å². The fourth-order valence-corrected chi connectivity index (χ4v) is 1.55. The van der Waals surface area contributed by atoms with Crippen LogP contribution >= 0.6 is 0 Å². The Morgan fingerprint density at radius 2 is 2.00 bits per heavy atom. The third kappa shape index (κ3) is 3.01. The largest absolute Gasteiger partial charge is 0.366 e. The molecule has 0 unspecified atom stereocenters. The second-order valence-corrected chi connectivity index (χ2v) is 3.93. The van der Waals surface area contributed by atoms with Gasteiger partial charge in [-0.15, -0.1) is 0 Å². The monoisotopic (exact) mass is 181 g/mol. The number of ketones is 1. The van der Waals surface area contributed by atoms with Crippen molar-refractivity contribution in [3.63, 3.8) is 0 Å². The van der Waals surface area contributed by atoms with Crippen molar-refractivity contribution in [2.75, 3.05) is 0 Å². The Balaban J connectivity index is 2.57. The molecule has 0 aromatic rings. The Kier molecular flexibility index (Phi) is 2.86. The van der Waals surface area contributed by atoms with Gasteiger partial charge in [-0.3, -0.25) is 9.59 Å². The van der Waals surface area contributed by atoms with E-state index in [1.165, 1.54) is 6.08 Å². The van der Waals surface area contributed by atoms with Gasteiger partial charge in [0.25, 0.3) is 0 Å². The van der Waals surface area contributed by atoms with Crippen molar-refractivity contribution in [3.8, 4) is 0 Å². The molecule has 1 amide bonds. The van der Waals surface area contributed by atoms with Gasteiger partial charge in [0.1, 0.15) is 5.78 Å². The minimum absolute atomic E-state index is 0.0110. The molecule has 1 fully saturated rings. The first-order valence-electron chi connectivity index (χ1n) is 4.52. The number of carbonyl (C=O) groups is 2. The van der Waals surface area contributed by atoms with E-state index in [9.17, 15) is 9.59 Å². The van der Waals surface area contributed by atoms with Crippen molar-refractivity contribution >= 4 is 11.7 Å². The number of rotatable bonds is 2. The predicted octanol–water partition coefficient (Wildman–Crippen LogP) is 1.18. The summed E-state index contributed by atoms with van der Waals surface area (Å²) in [5.74, 6) is -0.0944. The first kappa shape index (κ1) is 9.96. The molecule has 1 rings (SSSR count). The number of hydrogen-bond acceptors (Lipinski definition) is 2. The number of amides is 1. The van der Waals surface area contributed by atoms with Crippen molar-refractivity contribution in [3.05, 3.63) is 12.2 Å². The molecule has 0 radical (unpaired) electrons. The molecule has 1 aliphatic carbocycles. The quantitative estimate of drug-likeness (QED) is 0.650. The van der Waals surface area contributed by atoms with Crippen LogP contribution in [0.1, 0.15) is 32.6 Å². The Morgan fingerprint density at radius 3 is 2.46 bits per heavy atom. The van der Waals surface area contributed by atoms with Crippen LogP contribution in [0.25, 0.3) is 0 Å². The molecule has 2 N–H and O–H groups in total. The molecular weight excluding hydrogens is 166 g/mol. The Labute approximate surface area is 78.0 Å². The van der Waals surface area contributed by atoms with E-state index in [4.69, 9.17) is 5.73 Å². The molecule has 3 heteroatoms. The maximum absolute atomic E-state index is 11.0. The lowest BCUT2D eigenvalue weighted by Crippen LogP contribution is -2.23. The lowest BCUT2D eigenvalue weighted by molar-refractivity contribution is -0.121. The van der Waals surface area contributed by atoms with Crippen LogP contribution in [0.3, 0.4) is 0 Å². The molecule has 0 spiro atoms. The molecule has 0 bridgehead atoms. The van der Waals surface area contributed by atoms with Crippen LogP contribution in [0.15, 0.2) is 12.2 Å². The second-order valence-electron chi connectivity index (χ2n) is 3.93. The van der Waals surface area contributed by atoms with Crippen molar-refractivity contribution < 1.29 is 9.59 Å². The maximum atomic E-state index is 11.0. The molecule has 0 aromatic heterocycles. The van der Waals surface area contributed by atoms with Gasteiger partial charge < -0.3 is 5.73 Å². The van der Waals surface area contributed by atoms with E-state index in [1.807, 2.05) is 6.08 Å². The van der Waals surface area contributed by atoms with E-state index >= 15 is 0 Å². The normalized spacial score (nSPS) is 22.1. The summed E-state index contributed by atoms with van der Waals surface area (Å²) in [6.07, 6.45) is 6.14. The van der Waals surface area contributed by atoms with Crippen LogP contribution in [0.5, 0.6) is 0 Å². The summed E-state index contributed by atoms with van der Waals surface area (Å²) in [5, 5.41) is 0. The van der Waals surface area contributed by atoms with Crippen LogP contribution in [0.4, 0.5) is 0 Å². The summed E-state index contributed by atoms with van der Waals surface area (Å²) >= 11 is 0. The van der Waals surface area contributed by atoms with Crippen LogP contribution < -0.4 is 5.73 Å². The van der Waals surface area contributed by atoms with Gasteiger partial charge in [-0.25, -0.2) is 0 Å². The van der Waals surface area contributed by atoms with Crippen LogP contribution in [0.2, 0.25) is 0 Å². The fraction of sp³-hybridized carbons (Fsp3) is 0.600. The molecule has 0 aromatic carbocycles. The van der Waals surface area contributed by atoms with Crippen LogP contribution in [-0.4, -0.2) is 11.7 Å². The van der Waals surface area contributed by atoms with E-state index in [0.29, 0.717) is 18.6 Å². The van der Waals surface area contributed by atoms with Crippen LogP contribution in [0, 0.1) is 5.41 Å². The second kappa shape index (κ2) is 3.73. The van der Waals surface area contributed by atoms with Gasteiger partial charge >= 0.3 is 0 Å². The molecule has 0 atom stereocenters. The Morgan fingerprint density at radius 1 is 1.46 bits per heavy atom. The van der Waals surface area contributed by atoms with Gasteiger partial charge in [0.2, 0.25) is 5.91 Å². The highest BCUT2D eigenvalue weighted by molar-refractivity contribution is 5.86. The number of allylic oxidation sites excluding steroid dienone is 1. The summed E-state index contributed by atoms with van der Waals surface area (Å²) in [7, 11) is 0. The average Bonchev–Trinajstić information content (AvgIpc) is 2.08. The van der Waals surface area contributed by atoms with Gasteiger partial charge in [0, 0.05) is 12.8 Å². The maximum Gasteiger partial charge on any atom is 0.241 e. The first-order chi connectivity index (χ1) is 6.02. The molecule has 72 valence electrons. The summed E-state index contributed by atoms with van der Waals surface area (Å²) in [4.78, 5) is 21.5. The van der Waals surface area contributed by atoms with Gasteiger partial charge in [0.05, 0.1) is 0 Å². The minimum atomic E-state index is -0.418. The molecule has 1 saturated carbocycles. The number of primary amides is 1. The topological polar surface area (TPSA) is 60.2 Å². The number of nitrogens with two attached hydrogens (primary N) is 1.